The predicted octanol–water partition coefficient (Wildman–Crippen LogP) is 1.74. The van der Waals surface area contributed by atoms with E-state index in [0.29, 0.717) is 22.7 Å². The third-order valence-electron chi connectivity index (χ3n) is 2.83. The first-order valence-corrected chi connectivity index (χ1v) is 8.39. The van der Waals surface area contributed by atoms with Gasteiger partial charge in [0.05, 0.1) is 11.5 Å². The number of hydrogen-bond donors (Lipinski definition) is 2. The molecule has 0 saturated heterocycles. The van der Waals surface area contributed by atoms with E-state index in [2.05, 4.69) is 20.7 Å². The average molecular weight is 349 g/mol. The van der Waals surface area contributed by atoms with Gasteiger partial charge in [-0.2, -0.15) is 0 Å². The van der Waals surface area contributed by atoms with Gasteiger partial charge in [-0.25, -0.2) is 13.1 Å². The Morgan fingerprint density at radius 3 is 2.84 bits per heavy atom. The fourth-order valence-electron chi connectivity index (χ4n) is 1.59. The van der Waals surface area contributed by atoms with Crippen molar-refractivity contribution in [1.82, 2.24) is 4.72 Å². The molecule has 0 radical (unpaired) electrons. The van der Waals surface area contributed by atoms with Gasteiger partial charge in [0.1, 0.15) is 0 Å². The first-order chi connectivity index (χ1) is 8.99. The predicted molar refractivity (Wildman–Crippen MR) is 77.3 cm³/mol. The first kappa shape index (κ1) is 14.8. The molecule has 19 heavy (non-hydrogen) atoms. The van der Waals surface area contributed by atoms with E-state index >= 15 is 0 Å². The van der Waals surface area contributed by atoms with Crippen molar-refractivity contribution in [2.45, 2.75) is 17.7 Å². The quantitative estimate of drug-likeness (QED) is 0.580. The van der Waals surface area contributed by atoms with Crippen LogP contribution in [0.25, 0.3) is 0 Å². The second-order valence-corrected chi connectivity index (χ2v) is 7.20. The molecule has 0 bridgehead atoms. The van der Waals surface area contributed by atoms with E-state index < -0.39 is 10.0 Å². The van der Waals surface area contributed by atoms with Gasteiger partial charge < -0.3 is 10.5 Å². The highest BCUT2D eigenvalue weighted by molar-refractivity contribution is 9.10. The zero-order chi connectivity index (χ0) is 13.9. The zero-order valence-corrected chi connectivity index (χ0v) is 12.8. The highest BCUT2D eigenvalue weighted by Crippen LogP contribution is 2.28. The fourth-order valence-corrected chi connectivity index (χ4v) is 3.60. The molecule has 1 saturated carbocycles. The maximum Gasteiger partial charge on any atom is 0.241 e. The molecule has 2 rings (SSSR count). The molecule has 0 aliphatic heterocycles. The Labute approximate surface area is 121 Å². The number of sulfonamides is 1. The first-order valence-electron chi connectivity index (χ1n) is 6.11. The van der Waals surface area contributed by atoms with E-state index in [4.69, 9.17) is 10.5 Å². The molecule has 1 aliphatic rings. The summed E-state index contributed by atoms with van der Waals surface area (Å²) in [5.74, 6) is 0.680. The number of anilines is 1. The van der Waals surface area contributed by atoms with Crippen molar-refractivity contribution >= 4 is 31.6 Å². The van der Waals surface area contributed by atoms with Crippen molar-refractivity contribution in [2.75, 3.05) is 25.5 Å². The van der Waals surface area contributed by atoms with E-state index in [1.54, 1.807) is 12.1 Å². The molecule has 0 spiro atoms. The molecule has 1 aromatic carbocycles. The van der Waals surface area contributed by atoms with Gasteiger partial charge in [-0.3, -0.25) is 0 Å². The molecule has 1 aromatic rings. The zero-order valence-electron chi connectivity index (χ0n) is 10.4. The van der Waals surface area contributed by atoms with Crippen LogP contribution in [0.1, 0.15) is 12.8 Å². The van der Waals surface area contributed by atoms with Crippen LogP contribution in [0.3, 0.4) is 0 Å². The van der Waals surface area contributed by atoms with Crippen LogP contribution in [0.15, 0.2) is 27.6 Å². The van der Waals surface area contributed by atoms with Crippen molar-refractivity contribution in [3.63, 3.8) is 0 Å². The van der Waals surface area contributed by atoms with E-state index in [9.17, 15) is 8.42 Å². The average Bonchev–Trinajstić information content (AvgIpc) is 3.15. The molecule has 0 aromatic heterocycles. The molecular weight excluding hydrogens is 332 g/mol. The summed E-state index contributed by atoms with van der Waals surface area (Å²) in [6.07, 6.45) is 2.45. The maximum atomic E-state index is 12.1. The summed E-state index contributed by atoms with van der Waals surface area (Å²) in [5.41, 5.74) is 6.01. The van der Waals surface area contributed by atoms with Crippen molar-refractivity contribution in [3.05, 3.63) is 22.7 Å². The minimum Gasteiger partial charge on any atom is -0.399 e. The summed E-state index contributed by atoms with van der Waals surface area (Å²) < 4.78 is 32.5. The van der Waals surface area contributed by atoms with Crippen molar-refractivity contribution in [2.24, 2.45) is 5.92 Å². The largest absolute Gasteiger partial charge is 0.399 e. The summed E-state index contributed by atoms with van der Waals surface area (Å²) in [4.78, 5) is 0.148. The molecule has 1 aliphatic carbocycles. The highest BCUT2D eigenvalue weighted by atomic mass is 79.9. The molecule has 0 unspecified atom stereocenters. The second kappa shape index (κ2) is 6.21. The molecule has 5 nitrogen and oxygen atoms in total. The normalized spacial score (nSPS) is 15.6. The number of ether oxygens (including phenoxy) is 1. The highest BCUT2D eigenvalue weighted by Gasteiger charge is 2.21. The number of rotatable bonds is 7. The van der Waals surface area contributed by atoms with Crippen LogP contribution in [0.4, 0.5) is 5.69 Å². The van der Waals surface area contributed by atoms with Gasteiger partial charge in [0, 0.05) is 23.3 Å². The number of nitrogens with two attached hydrogens (primary N) is 1. The van der Waals surface area contributed by atoms with Gasteiger partial charge >= 0.3 is 0 Å². The van der Waals surface area contributed by atoms with Crippen LogP contribution in [-0.2, 0) is 14.8 Å². The molecule has 1 fully saturated rings. The summed E-state index contributed by atoms with van der Waals surface area (Å²) in [6, 6.07) is 4.69. The van der Waals surface area contributed by atoms with Crippen LogP contribution in [0.2, 0.25) is 0 Å². The summed E-state index contributed by atoms with van der Waals surface area (Å²) >= 11 is 3.21. The van der Waals surface area contributed by atoms with Crippen molar-refractivity contribution < 1.29 is 13.2 Å². The van der Waals surface area contributed by atoms with Gasteiger partial charge in [0.2, 0.25) is 10.0 Å². The Balaban J connectivity index is 1.87. The van der Waals surface area contributed by atoms with Gasteiger partial charge in [0.15, 0.2) is 0 Å². The van der Waals surface area contributed by atoms with E-state index in [-0.39, 0.29) is 11.4 Å². The number of halogens is 1. The van der Waals surface area contributed by atoms with Crippen LogP contribution in [0.5, 0.6) is 0 Å². The van der Waals surface area contributed by atoms with Gasteiger partial charge in [-0.05, 0) is 52.9 Å². The SMILES string of the molecule is Nc1ccc(Br)c(S(=O)(=O)NCCOCC2CC2)c1. The molecule has 106 valence electrons. The summed E-state index contributed by atoms with van der Waals surface area (Å²) in [7, 11) is -3.56. The maximum absolute atomic E-state index is 12.1. The second-order valence-electron chi connectivity index (χ2n) is 4.61. The monoisotopic (exact) mass is 348 g/mol. The topological polar surface area (TPSA) is 81.4 Å². The summed E-state index contributed by atoms with van der Waals surface area (Å²) in [5, 5.41) is 0. The van der Waals surface area contributed by atoms with Crippen LogP contribution < -0.4 is 10.5 Å². The molecule has 0 heterocycles. The summed E-state index contributed by atoms with van der Waals surface area (Å²) in [6.45, 7) is 1.37. The Morgan fingerprint density at radius 1 is 1.42 bits per heavy atom. The Kier molecular flexibility index (Phi) is 4.83. The molecular formula is C12H17BrN2O3S. The fraction of sp³-hybridized carbons (Fsp3) is 0.500. The van der Waals surface area contributed by atoms with E-state index in [1.807, 2.05) is 0 Å². The molecule has 7 heteroatoms. The number of nitrogen functional groups attached to an aromatic ring is 1. The molecule has 3 N–H and O–H groups in total. The van der Waals surface area contributed by atoms with Crippen LogP contribution in [0, 0.1) is 5.92 Å². The lowest BCUT2D eigenvalue weighted by atomic mass is 10.3. The van der Waals surface area contributed by atoms with Crippen LogP contribution in [-0.4, -0.2) is 28.2 Å². The Bertz CT molecular complexity index is 544. The Hall–Kier alpha value is -0.630. The van der Waals surface area contributed by atoms with Crippen molar-refractivity contribution in [3.8, 4) is 0 Å². The number of hydrogen-bond acceptors (Lipinski definition) is 4. The van der Waals surface area contributed by atoms with Crippen molar-refractivity contribution in [1.29, 1.82) is 0 Å². The minimum atomic E-state index is -3.56. The third kappa shape index (κ3) is 4.45. The minimum absolute atomic E-state index is 0.148. The number of benzene rings is 1. The smallest absolute Gasteiger partial charge is 0.241 e. The lowest BCUT2D eigenvalue weighted by Gasteiger charge is -2.09. The van der Waals surface area contributed by atoms with E-state index in [0.717, 1.165) is 6.61 Å². The van der Waals surface area contributed by atoms with E-state index in [1.165, 1.54) is 18.9 Å². The van der Waals surface area contributed by atoms with Gasteiger partial charge in [-0.1, -0.05) is 0 Å². The third-order valence-corrected chi connectivity index (χ3v) is 5.29. The Morgan fingerprint density at radius 2 is 2.16 bits per heavy atom. The lowest BCUT2D eigenvalue weighted by molar-refractivity contribution is 0.129. The standard InChI is InChI=1S/C12H17BrN2O3S/c13-11-4-3-10(14)7-12(11)19(16,17)15-5-6-18-8-9-1-2-9/h3-4,7,9,15H,1-2,5-6,8,14H2. The van der Waals surface area contributed by atoms with Gasteiger partial charge in [-0.15, -0.1) is 0 Å². The lowest BCUT2D eigenvalue weighted by Crippen LogP contribution is -2.28. The molecule has 0 amide bonds. The molecule has 0 atom stereocenters. The number of nitrogens with one attached hydrogen (secondary N) is 1. The van der Waals surface area contributed by atoms with Crippen LogP contribution >= 0.6 is 15.9 Å². The van der Waals surface area contributed by atoms with Gasteiger partial charge in [0.25, 0.3) is 0 Å².